The number of carbonyl (C=O) groups excluding carboxylic acids is 1. The second-order valence-electron chi connectivity index (χ2n) is 7.90. The molecular weight excluding hydrogens is 326 g/mol. The van der Waals surface area contributed by atoms with Gasteiger partial charge in [0.05, 0.1) is 0 Å². The molecular formula is C20H27N5O. The Morgan fingerprint density at radius 1 is 1.23 bits per heavy atom. The van der Waals surface area contributed by atoms with Crippen molar-refractivity contribution in [3.63, 3.8) is 0 Å². The van der Waals surface area contributed by atoms with E-state index in [2.05, 4.69) is 58.5 Å². The Morgan fingerprint density at radius 3 is 2.81 bits per heavy atom. The van der Waals surface area contributed by atoms with Gasteiger partial charge in [-0.15, -0.1) is 0 Å². The molecule has 0 spiro atoms. The van der Waals surface area contributed by atoms with Crippen molar-refractivity contribution in [3.8, 4) is 0 Å². The van der Waals surface area contributed by atoms with Crippen LogP contribution in [0.5, 0.6) is 0 Å². The summed E-state index contributed by atoms with van der Waals surface area (Å²) in [7, 11) is 0. The Balaban J connectivity index is 1.47. The van der Waals surface area contributed by atoms with Crippen molar-refractivity contribution in [1.29, 1.82) is 0 Å². The molecule has 0 radical (unpaired) electrons. The van der Waals surface area contributed by atoms with Gasteiger partial charge < -0.3 is 10.2 Å². The standard InChI is InChI=1S/C20H27N5O/c1-20(2)14-24(10-11-25(20)13-15-6-4-3-5-7-15)19(26)18-16-12-21-9-8-17(16)22-23-18/h3-7,21H,8-14H2,1-2H3,(H,22,23). The van der Waals surface area contributed by atoms with Crippen LogP contribution in [0.4, 0.5) is 0 Å². The van der Waals surface area contributed by atoms with Crippen LogP contribution in [-0.2, 0) is 19.5 Å². The summed E-state index contributed by atoms with van der Waals surface area (Å²) in [5, 5.41) is 10.7. The summed E-state index contributed by atoms with van der Waals surface area (Å²) in [6.07, 6.45) is 0.909. The summed E-state index contributed by atoms with van der Waals surface area (Å²) < 4.78 is 0. The summed E-state index contributed by atoms with van der Waals surface area (Å²) in [5.41, 5.74) is 3.99. The van der Waals surface area contributed by atoms with Gasteiger partial charge >= 0.3 is 0 Å². The van der Waals surface area contributed by atoms with Crippen LogP contribution in [0.1, 0.15) is 41.2 Å². The summed E-state index contributed by atoms with van der Waals surface area (Å²) in [6.45, 7) is 9.35. The summed E-state index contributed by atoms with van der Waals surface area (Å²) >= 11 is 0. The first-order valence-electron chi connectivity index (χ1n) is 9.40. The maximum Gasteiger partial charge on any atom is 0.274 e. The maximum atomic E-state index is 13.1. The lowest BCUT2D eigenvalue weighted by Crippen LogP contribution is -2.60. The monoisotopic (exact) mass is 353 g/mol. The van der Waals surface area contributed by atoms with E-state index in [9.17, 15) is 4.79 Å². The minimum Gasteiger partial charge on any atom is -0.334 e. The van der Waals surface area contributed by atoms with E-state index in [1.807, 2.05) is 11.0 Å². The van der Waals surface area contributed by atoms with Gasteiger partial charge in [-0.1, -0.05) is 30.3 Å². The van der Waals surface area contributed by atoms with Gasteiger partial charge in [-0.25, -0.2) is 0 Å². The van der Waals surface area contributed by atoms with E-state index in [1.54, 1.807) is 0 Å². The molecule has 2 aliphatic heterocycles. The molecule has 3 heterocycles. The van der Waals surface area contributed by atoms with Crippen LogP contribution in [0.2, 0.25) is 0 Å². The molecule has 6 heteroatoms. The molecule has 0 aliphatic carbocycles. The van der Waals surface area contributed by atoms with E-state index in [4.69, 9.17) is 0 Å². The number of carbonyl (C=O) groups is 1. The first-order valence-corrected chi connectivity index (χ1v) is 9.40. The zero-order chi connectivity index (χ0) is 18.1. The Hall–Kier alpha value is -2.18. The second-order valence-corrected chi connectivity index (χ2v) is 7.90. The van der Waals surface area contributed by atoms with E-state index in [-0.39, 0.29) is 11.4 Å². The van der Waals surface area contributed by atoms with Crippen molar-refractivity contribution in [2.75, 3.05) is 26.2 Å². The van der Waals surface area contributed by atoms with Gasteiger partial charge in [-0.05, 0) is 19.4 Å². The van der Waals surface area contributed by atoms with E-state index in [0.717, 1.165) is 50.4 Å². The van der Waals surface area contributed by atoms with Gasteiger partial charge in [0.25, 0.3) is 5.91 Å². The highest BCUT2D eigenvalue weighted by atomic mass is 16.2. The average molecular weight is 353 g/mol. The molecule has 138 valence electrons. The molecule has 1 aromatic carbocycles. The number of amides is 1. The number of hydrogen-bond donors (Lipinski definition) is 2. The topological polar surface area (TPSA) is 64.3 Å². The van der Waals surface area contributed by atoms with Crippen LogP contribution < -0.4 is 5.32 Å². The Kier molecular flexibility index (Phi) is 4.54. The molecule has 0 unspecified atom stereocenters. The molecule has 26 heavy (non-hydrogen) atoms. The highest BCUT2D eigenvalue weighted by molar-refractivity contribution is 5.94. The molecule has 0 saturated carbocycles. The van der Waals surface area contributed by atoms with Crippen LogP contribution >= 0.6 is 0 Å². The minimum absolute atomic E-state index is 0.0543. The second kappa shape index (κ2) is 6.85. The van der Waals surface area contributed by atoms with Crippen LogP contribution in [0.25, 0.3) is 0 Å². The summed E-state index contributed by atoms with van der Waals surface area (Å²) in [6, 6.07) is 10.5. The molecule has 1 saturated heterocycles. The van der Waals surface area contributed by atoms with Gasteiger partial charge in [-0.2, -0.15) is 5.10 Å². The van der Waals surface area contributed by atoms with Gasteiger partial charge in [0.2, 0.25) is 0 Å². The molecule has 0 atom stereocenters. The Bertz CT molecular complexity index is 783. The third-order valence-corrected chi connectivity index (χ3v) is 5.59. The van der Waals surface area contributed by atoms with Crippen LogP contribution in [-0.4, -0.2) is 57.6 Å². The van der Waals surface area contributed by atoms with Crippen molar-refractivity contribution in [3.05, 3.63) is 52.8 Å². The quantitative estimate of drug-likeness (QED) is 0.883. The number of piperazine rings is 1. The zero-order valence-corrected chi connectivity index (χ0v) is 15.6. The third-order valence-electron chi connectivity index (χ3n) is 5.59. The fraction of sp³-hybridized carbons (Fsp3) is 0.500. The Labute approximate surface area is 154 Å². The number of hydrogen-bond acceptors (Lipinski definition) is 4. The number of fused-ring (bicyclic) bond motifs is 1. The molecule has 6 nitrogen and oxygen atoms in total. The molecule has 0 bridgehead atoms. The number of rotatable bonds is 3. The molecule has 1 amide bonds. The largest absolute Gasteiger partial charge is 0.334 e. The van der Waals surface area contributed by atoms with Crippen LogP contribution in [0.15, 0.2) is 30.3 Å². The number of benzene rings is 1. The zero-order valence-electron chi connectivity index (χ0n) is 15.6. The highest BCUT2D eigenvalue weighted by Crippen LogP contribution is 2.25. The number of aromatic nitrogens is 2. The Morgan fingerprint density at radius 2 is 2.04 bits per heavy atom. The number of H-pyrrole nitrogens is 1. The normalized spacial score (nSPS) is 20.0. The molecule has 1 aromatic heterocycles. The molecule has 2 aliphatic rings. The van der Waals surface area contributed by atoms with Gasteiger partial charge in [0, 0.05) is 62.5 Å². The minimum atomic E-state index is -0.0711. The lowest BCUT2D eigenvalue weighted by Gasteiger charge is -2.47. The highest BCUT2D eigenvalue weighted by Gasteiger charge is 2.37. The van der Waals surface area contributed by atoms with Gasteiger partial charge in [-0.3, -0.25) is 14.8 Å². The lowest BCUT2D eigenvalue weighted by atomic mass is 9.97. The number of nitrogens with zero attached hydrogens (tertiary/aromatic N) is 3. The third kappa shape index (κ3) is 3.27. The molecule has 2 N–H and O–H groups in total. The van der Waals surface area contributed by atoms with E-state index < -0.39 is 0 Å². The van der Waals surface area contributed by atoms with Crippen molar-refractivity contribution in [1.82, 2.24) is 25.3 Å². The first-order chi connectivity index (χ1) is 12.5. The maximum absolute atomic E-state index is 13.1. The van der Waals surface area contributed by atoms with Crippen LogP contribution in [0, 0.1) is 0 Å². The summed E-state index contributed by atoms with van der Waals surface area (Å²) in [5.74, 6) is 0.0543. The van der Waals surface area contributed by atoms with E-state index >= 15 is 0 Å². The molecule has 4 rings (SSSR count). The number of aromatic amines is 1. The SMILES string of the molecule is CC1(C)CN(C(=O)c2n[nH]c3c2CNCC3)CCN1Cc1ccccc1. The van der Waals surface area contributed by atoms with E-state index in [0.29, 0.717) is 12.2 Å². The lowest BCUT2D eigenvalue weighted by molar-refractivity contribution is 0.0135. The number of nitrogens with one attached hydrogen (secondary N) is 2. The molecule has 1 fully saturated rings. The van der Waals surface area contributed by atoms with Crippen molar-refractivity contribution in [2.24, 2.45) is 0 Å². The average Bonchev–Trinajstić information content (AvgIpc) is 3.07. The van der Waals surface area contributed by atoms with E-state index in [1.165, 1.54) is 5.56 Å². The smallest absolute Gasteiger partial charge is 0.274 e. The van der Waals surface area contributed by atoms with Gasteiger partial charge in [0.1, 0.15) is 0 Å². The van der Waals surface area contributed by atoms with Crippen LogP contribution in [0.3, 0.4) is 0 Å². The predicted octanol–water partition coefficient (Wildman–Crippen LogP) is 1.79. The summed E-state index contributed by atoms with van der Waals surface area (Å²) in [4.78, 5) is 17.5. The van der Waals surface area contributed by atoms with Crippen molar-refractivity contribution < 1.29 is 4.79 Å². The predicted molar refractivity (Wildman–Crippen MR) is 101 cm³/mol. The van der Waals surface area contributed by atoms with Crippen molar-refractivity contribution >= 4 is 5.91 Å². The van der Waals surface area contributed by atoms with Crippen molar-refractivity contribution in [2.45, 2.75) is 38.9 Å². The fourth-order valence-corrected chi connectivity index (χ4v) is 4.01. The first kappa shape index (κ1) is 17.2. The molecule has 2 aromatic rings. The van der Waals surface area contributed by atoms with Gasteiger partial charge in [0.15, 0.2) is 5.69 Å². The fourth-order valence-electron chi connectivity index (χ4n) is 4.01.